The molecule has 3 rings (SSSR count). The first-order valence-corrected chi connectivity index (χ1v) is 9.82. The van der Waals surface area contributed by atoms with E-state index in [0.29, 0.717) is 31.2 Å². The molecule has 154 valence electrons. The van der Waals surface area contributed by atoms with Gasteiger partial charge in [0.15, 0.2) is 11.5 Å². The Kier molecular flexibility index (Phi) is 7.00. The molecule has 1 aliphatic heterocycles. The summed E-state index contributed by atoms with van der Waals surface area (Å²) in [6.45, 7) is 5.53. The average molecular weight is 396 g/mol. The average Bonchev–Trinajstić information content (AvgIpc) is 2.78. The van der Waals surface area contributed by atoms with Crippen molar-refractivity contribution in [2.45, 2.75) is 6.92 Å². The van der Waals surface area contributed by atoms with Crippen LogP contribution in [0.1, 0.15) is 12.5 Å². The number of methoxy groups -OCH3 is 2. The molecule has 2 aromatic carbocycles. The van der Waals surface area contributed by atoms with Crippen LogP contribution in [0.25, 0.3) is 6.08 Å². The number of para-hydroxylation sites is 2. The summed E-state index contributed by atoms with van der Waals surface area (Å²) < 4.78 is 16.3. The number of piperazine rings is 1. The van der Waals surface area contributed by atoms with Gasteiger partial charge in [-0.1, -0.05) is 18.2 Å². The minimum atomic E-state index is 0.0116. The number of amides is 1. The molecular formula is C23H28N2O4. The maximum atomic E-state index is 12.6. The van der Waals surface area contributed by atoms with Crippen molar-refractivity contribution >= 4 is 17.7 Å². The van der Waals surface area contributed by atoms with Crippen LogP contribution < -0.4 is 19.1 Å². The maximum absolute atomic E-state index is 12.6. The van der Waals surface area contributed by atoms with Crippen molar-refractivity contribution in [1.29, 1.82) is 0 Å². The van der Waals surface area contributed by atoms with Crippen molar-refractivity contribution in [3.63, 3.8) is 0 Å². The van der Waals surface area contributed by atoms with Crippen LogP contribution in [0.3, 0.4) is 0 Å². The Morgan fingerprint density at radius 2 is 1.69 bits per heavy atom. The molecule has 1 amide bonds. The molecule has 6 heteroatoms. The number of ether oxygens (including phenoxy) is 3. The predicted molar refractivity (Wildman–Crippen MR) is 115 cm³/mol. The molecule has 0 saturated carbocycles. The van der Waals surface area contributed by atoms with Crippen LogP contribution in [0.15, 0.2) is 48.5 Å². The molecule has 0 radical (unpaired) electrons. The lowest BCUT2D eigenvalue weighted by Crippen LogP contribution is -2.48. The van der Waals surface area contributed by atoms with Crippen LogP contribution in [0, 0.1) is 0 Å². The van der Waals surface area contributed by atoms with Crippen LogP contribution in [0.5, 0.6) is 17.2 Å². The summed E-state index contributed by atoms with van der Waals surface area (Å²) in [7, 11) is 3.20. The van der Waals surface area contributed by atoms with Gasteiger partial charge >= 0.3 is 0 Å². The normalized spacial score (nSPS) is 14.2. The van der Waals surface area contributed by atoms with Gasteiger partial charge in [-0.15, -0.1) is 0 Å². The van der Waals surface area contributed by atoms with Gasteiger partial charge in [0.05, 0.1) is 26.5 Å². The number of carbonyl (C=O) groups excluding carboxylic acids is 1. The number of anilines is 1. The number of carbonyl (C=O) groups is 1. The predicted octanol–water partition coefficient (Wildman–Crippen LogP) is 3.46. The van der Waals surface area contributed by atoms with E-state index in [4.69, 9.17) is 14.2 Å². The largest absolute Gasteiger partial charge is 0.493 e. The van der Waals surface area contributed by atoms with Crippen molar-refractivity contribution in [2.24, 2.45) is 0 Å². The lowest BCUT2D eigenvalue weighted by molar-refractivity contribution is -0.126. The molecule has 6 nitrogen and oxygen atoms in total. The topological polar surface area (TPSA) is 51.2 Å². The first-order chi connectivity index (χ1) is 14.2. The smallest absolute Gasteiger partial charge is 0.246 e. The number of hydrogen-bond donors (Lipinski definition) is 0. The van der Waals surface area contributed by atoms with Gasteiger partial charge in [0.1, 0.15) is 5.75 Å². The zero-order chi connectivity index (χ0) is 20.6. The molecule has 1 aliphatic rings. The number of nitrogens with zero attached hydrogens (tertiary/aromatic N) is 2. The van der Waals surface area contributed by atoms with Gasteiger partial charge in [0.25, 0.3) is 0 Å². The summed E-state index contributed by atoms with van der Waals surface area (Å²) in [6.07, 6.45) is 3.42. The summed E-state index contributed by atoms with van der Waals surface area (Å²) in [5.41, 5.74) is 1.97. The minimum absolute atomic E-state index is 0.0116. The lowest BCUT2D eigenvalue weighted by Gasteiger charge is -2.36. The fourth-order valence-corrected chi connectivity index (χ4v) is 3.39. The van der Waals surface area contributed by atoms with E-state index in [1.165, 1.54) is 0 Å². The van der Waals surface area contributed by atoms with Gasteiger partial charge in [-0.3, -0.25) is 4.79 Å². The first-order valence-electron chi connectivity index (χ1n) is 9.82. The Hall–Kier alpha value is -3.15. The second-order valence-electron chi connectivity index (χ2n) is 6.66. The van der Waals surface area contributed by atoms with Crippen LogP contribution in [0.4, 0.5) is 5.69 Å². The van der Waals surface area contributed by atoms with Gasteiger partial charge < -0.3 is 24.0 Å². The van der Waals surface area contributed by atoms with E-state index < -0.39 is 0 Å². The number of benzene rings is 2. The standard InChI is InChI=1S/C23H28N2O4/c1-4-29-20-8-6-5-7-19(20)24-13-15-25(16-14-24)23(26)12-10-18-9-11-21(27-2)22(17-18)28-3/h5-12,17H,4,13-16H2,1-3H3. The maximum Gasteiger partial charge on any atom is 0.246 e. The van der Waals surface area contributed by atoms with E-state index in [0.717, 1.165) is 30.1 Å². The zero-order valence-corrected chi connectivity index (χ0v) is 17.3. The third-order valence-electron chi connectivity index (χ3n) is 4.92. The summed E-state index contributed by atoms with van der Waals surface area (Å²) in [4.78, 5) is 16.7. The molecule has 2 aromatic rings. The summed E-state index contributed by atoms with van der Waals surface area (Å²) in [5.74, 6) is 2.21. The molecular weight excluding hydrogens is 368 g/mol. The van der Waals surface area contributed by atoms with Crippen molar-refractivity contribution in [3.05, 3.63) is 54.1 Å². The Labute approximate surface area is 172 Å². The molecule has 0 spiro atoms. The highest BCUT2D eigenvalue weighted by atomic mass is 16.5. The molecule has 0 N–H and O–H groups in total. The summed E-state index contributed by atoms with van der Waals surface area (Å²) >= 11 is 0. The Bertz CT molecular complexity index is 858. The Morgan fingerprint density at radius 1 is 0.966 bits per heavy atom. The first kappa shape index (κ1) is 20.6. The van der Waals surface area contributed by atoms with Gasteiger partial charge in [0, 0.05) is 32.3 Å². The van der Waals surface area contributed by atoms with E-state index in [2.05, 4.69) is 11.0 Å². The lowest BCUT2D eigenvalue weighted by atomic mass is 10.1. The Morgan fingerprint density at radius 3 is 2.38 bits per heavy atom. The molecule has 0 atom stereocenters. The number of hydrogen-bond acceptors (Lipinski definition) is 5. The molecule has 29 heavy (non-hydrogen) atoms. The zero-order valence-electron chi connectivity index (χ0n) is 17.3. The molecule has 0 aliphatic carbocycles. The fraction of sp³-hybridized carbons (Fsp3) is 0.348. The van der Waals surface area contributed by atoms with Gasteiger partial charge in [-0.05, 0) is 42.8 Å². The van der Waals surface area contributed by atoms with E-state index in [9.17, 15) is 4.79 Å². The second kappa shape index (κ2) is 9.87. The van der Waals surface area contributed by atoms with Crippen molar-refractivity contribution in [3.8, 4) is 17.2 Å². The second-order valence-corrected chi connectivity index (χ2v) is 6.66. The molecule has 1 heterocycles. The van der Waals surface area contributed by atoms with E-state index >= 15 is 0 Å². The monoisotopic (exact) mass is 396 g/mol. The number of rotatable bonds is 7. The highest BCUT2D eigenvalue weighted by molar-refractivity contribution is 5.92. The summed E-state index contributed by atoms with van der Waals surface area (Å²) in [6, 6.07) is 13.6. The third-order valence-corrected chi connectivity index (χ3v) is 4.92. The fourth-order valence-electron chi connectivity index (χ4n) is 3.39. The van der Waals surface area contributed by atoms with Gasteiger partial charge in [-0.2, -0.15) is 0 Å². The van der Waals surface area contributed by atoms with Crippen molar-refractivity contribution in [1.82, 2.24) is 4.90 Å². The quantitative estimate of drug-likeness (QED) is 0.671. The molecule has 0 unspecified atom stereocenters. The van der Waals surface area contributed by atoms with Crippen LogP contribution in [-0.4, -0.2) is 57.8 Å². The highest BCUT2D eigenvalue weighted by Gasteiger charge is 2.21. The van der Waals surface area contributed by atoms with E-state index in [1.54, 1.807) is 26.4 Å². The van der Waals surface area contributed by atoms with E-state index in [-0.39, 0.29) is 5.91 Å². The van der Waals surface area contributed by atoms with E-state index in [1.807, 2.05) is 48.2 Å². The van der Waals surface area contributed by atoms with Crippen LogP contribution >= 0.6 is 0 Å². The minimum Gasteiger partial charge on any atom is -0.493 e. The van der Waals surface area contributed by atoms with Crippen molar-refractivity contribution in [2.75, 3.05) is 51.9 Å². The van der Waals surface area contributed by atoms with Crippen LogP contribution in [-0.2, 0) is 4.79 Å². The highest BCUT2D eigenvalue weighted by Crippen LogP contribution is 2.29. The Balaban J connectivity index is 1.60. The van der Waals surface area contributed by atoms with Crippen LogP contribution in [0.2, 0.25) is 0 Å². The molecule has 1 saturated heterocycles. The summed E-state index contributed by atoms with van der Waals surface area (Å²) in [5, 5.41) is 0. The van der Waals surface area contributed by atoms with Gasteiger partial charge in [0.2, 0.25) is 5.91 Å². The molecule has 0 aromatic heterocycles. The van der Waals surface area contributed by atoms with Crippen molar-refractivity contribution < 1.29 is 19.0 Å². The SMILES string of the molecule is CCOc1ccccc1N1CCN(C(=O)C=Cc2ccc(OC)c(OC)c2)CC1. The molecule has 1 fully saturated rings. The van der Waals surface area contributed by atoms with Gasteiger partial charge in [-0.25, -0.2) is 0 Å². The third kappa shape index (κ3) is 5.02. The molecule has 0 bridgehead atoms.